The summed E-state index contributed by atoms with van der Waals surface area (Å²) in [6, 6.07) is 2.06. The van der Waals surface area contributed by atoms with E-state index >= 15 is 0 Å². The van der Waals surface area contributed by atoms with Crippen molar-refractivity contribution in [3.8, 4) is 0 Å². The van der Waals surface area contributed by atoms with Gasteiger partial charge in [0, 0.05) is 42.4 Å². The van der Waals surface area contributed by atoms with Gasteiger partial charge >= 0.3 is 0 Å². The van der Waals surface area contributed by atoms with Crippen LogP contribution in [0.25, 0.3) is 0 Å². The molecule has 1 aromatic rings. The molecule has 2 rings (SSSR count). The molecule has 0 spiro atoms. The van der Waals surface area contributed by atoms with Gasteiger partial charge in [-0.1, -0.05) is 15.9 Å². The van der Waals surface area contributed by atoms with Crippen molar-refractivity contribution in [1.29, 1.82) is 0 Å². The van der Waals surface area contributed by atoms with Crippen LogP contribution in [0.5, 0.6) is 0 Å². The first-order valence-corrected chi connectivity index (χ1v) is 6.50. The number of aromatic nitrogens is 2. The fourth-order valence-corrected chi connectivity index (χ4v) is 2.76. The van der Waals surface area contributed by atoms with Crippen LogP contribution in [0.3, 0.4) is 0 Å². The molecule has 4 heteroatoms. The van der Waals surface area contributed by atoms with Crippen LogP contribution in [0.4, 0.5) is 0 Å². The molecule has 1 saturated heterocycles. The smallest absolute Gasteiger partial charge is 0.0492 e. The van der Waals surface area contributed by atoms with Crippen LogP contribution in [0, 0.1) is 12.3 Å². The molecule has 0 N–H and O–H groups in total. The minimum atomic E-state index is 0.328. The zero-order valence-electron chi connectivity index (χ0n) is 9.08. The van der Waals surface area contributed by atoms with E-state index in [-0.39, 0.29) is 0 Å². The SMILES string of the molecule is Cc1ccnn1CC1(CBr)CCOCC1. The molecule has 0 aliphatic carbocycles. The zero-order chi connectivity index (χ0) is 10.7. The Morgan fingerprint density at radius 1 is 1.53 bits per heavy atom. The van der Waals surface area contributed by atoms with Gasteiger partial charge in [-0.05, 0) is 25.8 Å². The minimum absolute atomic E-state index is 0.328. The van der Waals surface area contributed by atoms with Crippen molar-refractivity contribution in [1.82, 2.24) is 9.78 Å². The Hall–Kier alpha value is -0.350. The van der Waals surface area contributed by atoms with E-state index in [0.717, 1.165) is 37.9 Å². The second-order valence-electron chi connectivity index (χ2n) is 4.38. The molecule has 0 aromatic carbocycles. The summed E-state index contributed by atoms with van der Waals surface area (Å²) in [6.45, 7) is 4.87. The summed E-state index contributed by atoms with van der Waals surface area (Å²) in [6.07, 6.45) is 4.12. The average Bonchev–Trinajstić information content (AvgIpc) is 2.66. The highest BCUT2D eigenvalue weighted by Crippen LogP contribution is 2.34. The molecule has 15 heavy (non-hydrogen) atoms. The topological polar surface area (TPSA) is 27.1 Å². The van der Waals surface area contributed by atoms with E-state index < -0.39 is 0 Å². The molecule has 3 nitrogen and oxygen atoms in total. The number of alkyl halides is 1. The van der Waals surface area contributed by atoms with Crippen LogP contribution in [-0.4, -0.2) is 28.3 Å². The highest BCUT2D eigenvalue weighted by molar-refractivity contribution is 9.09. The van der Waals surface area contributed by atoms with Gasteiger partial charge in [-0.25, -0.2) is 0 Å². The largest absolute Gasteiger partial charge is 0.381 e. The molecule has 1 fully saturated rings. The lowest BCUT2D eigenvalue weighted by Gasteiger charge is -2.35. The Morgan fingerprint density at radius 3 is 2.80 bits per heavy atom. The fourth-order valence-electron chi connectivity index (χ4n) is 2.02. The Bertz CT molecular complexity index is 318. The summed E-state index contributed by atoms with van der Waals surface area (Å²) >= 11 is 3.64. The van der Waals surface area contributed by atoms with E-state index in [1.807, 2.05) is 6.20 Å². The number of halogens is 1. The predicted molar refractivity (Wildman–Crippen MR) is 63.2 cm³/mol. The van der Waals surface area contributed by atoms with Crippen molar-refractivity contribution >= 4 is 15.9 Å². The summed E-state index contributed by atoms with van der Waals surface area (Å²) in [4.78, 5) is 0. The van der Waals surface area contributed by atoms with Crippen LogP contribution in [0.1, 0.15) is 18.5 Å². The molecule has 2 heterocycles. The van der Waals surface area contributed by atoms with Gasteiger partial charge < -0.3 is 4.74 Å². The molecule has 0 atom stereocenters. The molecule has 0 radical (unpaired) electrons. The monoisotopic (exact) mass is 272 g/mol. The number of aryl methyl sites for hydroxylation is 1. The zero-order valence-corrected chi connectivity index (χ0v) is 10.7. The van der Waals surface area contributed by atoms with E-state index in [9.17, 15) is 0 Å². The normalized spacial score (nSPS) is 20.4. The van der Waals surface area contributed by atoms with E-state index in [0.29, 0.717) is 5.41 Å². The summed E-state index contributed by atoms with van der Waals surface area (Å²) in [7, 11) is 0. The summed E-state index contributed by atoms with van der Waals surface area (Å²) in [5.41, 5.74) is 1.57. The van der Waals surface area contributed by atoms with Crippen molar-refractivity contribution in [3.05, 3.63) is 18.0 Å². The van der Waals surface area contributed by atoms with Crippen LogP contribution < -0.4 is 0 Å². The summed E-state index contributed by atoms with van der Waals surface area (Å²) in [5, 5.41) is 5.39. The summed E-state index contributed by atoms with van der Waals surface area (Å²) in [5.74, 6) is 0. The lowest BCUT2D eigenvalue weighted by atomic mass is 9.82. The van der Waals surface area contributed by atoms with Crippen molar-refractivity contribution < 1.29 is 4.74 Å². The lowest BCUT2D eigenvalue weighted by molar-refractivity contribution is 0.0167. The summed E-state index contributed by atoms with van der Waals surface area (Å²) < 4.78 is 7.53. The maximum atomic E-state index is 5.43. The fraction of sp³-hybridized carbons (Fsp3) is 0.727. The Kier molecular flexibility index (Phi) is 3.46. The van der Waals surface area contributed by atoms with Crippen molar-refractivity contribution in [2.45, 2.75) is 26.3 Å². The van der Waals surface area contributed by atoms with Crippen LogP contribution in [-0.2, 0) is 11.3 Å². The van der Waals surface area contributed by atoms with Gasteiger partial charge in [0.2, 0.25) is 0 Å². The van der Waals surface area contributed by atoms with Gasteiger partial charge in [0.25, 0.3) is 0 Å². The van der Waals surface area contributed by atoms with Crippen LogP contribution >= 0.6 is 15.9 Å². The number of rotatable bonds is 3. The highest BCUT2D eigenvalue weighted by atomic mass is 79.9. The molecule has 0 amide bonds. The molecule has 1 aliphatic heterocycles. The highest BCUT2D eigenvalue weighted by Gasteiger charge is 2.32. The molecule has 0 bridgehead atoms. The predicted octanol–water partition coefficient (Wildman–Crippen LogP) is 2.38. The molecule has 1 aromatic heterocycles. The minimum Gasteiger partial charge on any atom is -0.381 e. The quantitative estimate of drug-likeness (QED) is 0.791. The third-order valence-corrected chi connectivity index (χ3v) is 4.44. The molecular formula is C11H17BrN2O. The van der Waals surface area contributed by atoms with Gasteiger partial charge in [0.15, 0.2) is 0 Å². The number of nitrogens with zero attached hydrogens (tertiary/aromatic N) is 2. The molecule has 0 saturated carbocycles. The second kappa shape index (κ2) is 4.66. The van der Waals surface area contributed by atoms with Crippen LogP contribution in [0.15, 0.2) is 12.3 Å². The standard InChI is InChI=1S/C11H17BrN2O/c1-10-2-5-13-14(10)9-11(8-12)3-6-15-7-4-11/h2,5H,3-4,6-9H2,1H3. The maximum absolute atomic E-state index is 5.43. The average molecular weight is 273 g/mol. The first-order valence-electron chi connectivity index (χ1n) is 5.38. The van der Waals surface area contributed by atoms with E-state index in [2.05, 4.69) is 38.7 Å². The van der Waals surface area contributed by atoms with E-state index in [1.54, 1.807) is 0 Å². The van der Waals surface area contributed by atoms with E-state index in [4.69, 9.17) is 4.74 Å². The number of hydrogen-bond acceptors (Lipinski definition) is 2. The van der Waals surface area contributed by atoms with Crippen molar-refractivity contribution in [3.63, 3.8) is 0 Å². The maximum Gasteiger partial charge on any atom is 0.0492 e. The number of ether oxygens (including phenoxy) is 1. The molecule has 84 valence electrons. The third-order valence-electron chi connectivity index (χ3n) is 3.25. The van der Waals surface area contributed by atoms with E-state index in [1.165, 1.54) is 5.69 Å². The van der Waals surface area contributed by atoms with Crippen LogP contribution in [0.2, 0.25) is 0 Å². The van der Waals surface area contributed by atoms with Gasteiger partial charge in [-0.15, -0.1) is 0 Å². The van der Waals surface area contributed by atoms with Gasteiger partial charge in [-0.2, -0.15) is 5.10 Å². The van der Waals surface area contributed by atoms with Crippen molar-refractivity contribution in [2.24, 2.45) is 5.41 Å². The molecule has 1 aliphatic rings. The molecular weight excluding hydrogens is 256 g/mol. The molecule has 0 unspecified atom stereocenters. The Morgan fingerprint density at radius 2 is 2.27 bits per heavy atom. The number of hydrogen-bond donors (Lipinski definition) is 0. The Labute approximate surface area is 98.9 Å². The lowest BCUT2D eigenvalue weighted by Crippen LogP contribution is -2.35. The van der Waals surface area contributed by atoms with Gasteiger partial charge in [-0.3, -0.25) is 4.68 Å². The Balaban J connectivity index is 2.10. The first kappa shape index (κ1) is 11.1. The second-order valence-corrected chi connectivity index (χ2v) is 4.94. The third kappa shape index (κ3) is 2.42. The van der Waals surface area contributed by atoms with Crippen molar-refractivity contribution in [2.75, 3.05) is 18.5 Å². The van der Waals surface area contributed by atoms with Gasteiger partial charge in [0.1, 0.15) is 0 Å². The first-order chi connectivity index (χ1) is 7.26. The van der Waals surface area contributed by atoms with Gasteiger partial charge in [0.05, 0.1) is 0 Å².